The van der Waals surface area contributed by atoms with E-state index < -0.39 is 36.1 Å². The SMILES string of the molecule is O=C(OC(C(F)(F)F)C(F)(F)F)N1CCC(C(O)(c2ccccc2)c2ccccc2)CC1. The largest absolute Gasteiger partial charge is 0.434 e. The van der Waals surface area contributed by atoms with Gasteiger partial charge in [0.25, 0.3) is 6.10 Å². The van der Waals surface area contributed by atoms with Gasteiger partial charge in [-0.3, -0.25) is 0 Å². The molecule has 2 aromatic carbocycles. The Morgan fingerprint density at radius 3 is 1.62 bits per heavy atom. The van der Waals surface area contributed by atoms with Crippen LogP contribution in [0.15, 0.2) is 60.7 Å². The second kappa shape index (κ2) is 9.01. The summed E-state index contributed by atoms with van der Waals surface area (Å²) in [7, 11) is 0. The van der Waals surface area contributed by atoms with E-state index in [9.17, 15) is 36.2 Å². The summed E-state index contributed by atoms with van der Waals surface area (Å²) in [5.41, 5.74) is -0.248. The number of rotatable bonds is 4. The number of benzene rings is 2. The van der Waals surface area contributed by atoms with Gasteiger partial charge >= 0.3 is 18.4 Å². The highest BCUT2D eigenvalue weighted by molar-refractivity contribution is 5.68. The first-order valence-electron chi connectivity index (χ1n) is 9.86. The summed E-state index contributed by atoms with van der Waals surface area (Å²) in [6.45, 7) is -0.318. The molecule has 0 atom stereocenters. The minimum Gasteiger partial charge on any atom is -0.426 e. The van der Waals surface area contributed by atoms with Gasteiger partial charge in [0.2, 0.25) is 0 Å². The van der Waals surface area contributed by atoms with E-state index in [-0.39, 0.29) is 25.9 Å². The Labute approximate surface area is 180 Å². The smallest absolute Gasteiger partial charge is 0.426 e. The molecule has 1 aliphatic heterocycles. The lowest BCUT2D eigenvalue weighted by atomic mass is 9.72. The third-order valence-corrected chi connectivity index (χ3v) is 5.59. The molecule has 1 aliphatic rings. The van der Waals surface area contributed by atoms with Crippen molar-refractivity contribution in [1.29, 1.82) is 0 Å². The van der Waals surface area contributed by atoms with E-state index in [0.717, 1.165) is 4.90 Å². The molecule has 1 heterocycles. The number of ether oxygens (including phenoxy) is 1. The summed E-state index contributed by atoms with van der Waals surface area (Å²) in [5.74, 6) is -0.433. The standard InChI is InChI=1S/C22H21F6NO3/c23-21(24,25)18(22(26,27)28)32-19(30)29-13-11-17(12-14-29)20(31,15-7-3-1-4-8-15)16-9-5-2-6-10-16/h1-10,17-18,31H,11-14H2. The Morgan fingerprint density at radius 2 is 1.25 bits per heavy atom. The molecule has 10 heteroatoms. The van der Waals surface area contributed by atoms with Crippen LogP contribution in [0.25, 0.3) is 0 Å². The van der Waals surface area contributed by atoms with Gasteiger partial charge in [-0.25, -0.2) is 4.79 Å². The monoisotopic (exact) mass is 461 g/mol. The lowest BCUT2D eigenvalue weighted by molar-refractivity contribution is -0.308. The number of piperidine rings is 1. The van der Waals surface area contributed by atoms with E-state index >= 15 is 0 Å². The fraction of sp³-hybridized carbons (Fsp3) is 0.409. The van der Waals surface area contributed by atoms with Crippen molar-refractivity contribution in [3.63, 3.8) is 0 Å². The Morgan fingerprint density at radius 1 is 0.844 bits per heavy atom. The van der Waals surface area contributed by atoms with Crippen molar-refractivity contribution in [2.75, 3.05) is 13.1 Å². The molecule has 0 radical (unpaired) electrons. The van der Waals surface area contributed by atoms with Crippen molar-refractivity contribution in [3.05, 3.63) is 71.8 Å². The van der Waals surface area contributed by atoms with Crippen LogP contribution in [0.1, 0.15) is 24.0 Å². The first-order valence-corrected chi connectivity index (χ1v) is 9.86. The Balaban J connectivity index is 1.76. The van der Waals surface area contributed by atoms with Gasteiger partial charge in [0.15, 0.2) is 0 Å². The Hall–Kier alpha value is -2.75. The van der Waals surface area contributed by atoms with Crippen molar-refractivity contribution in [1.82, 2.24) is 4.90 Å². The number of hydrogen-bond donors (Lipinski definition) is 1. The fourth-order valence-electron chi connectivity index (χ4n) is 4.00. The van der Waals surface area contributed by atoms with E-state index in [4.69, 9.17) is 0 Å². The van der Waals surface area contributed by atoms with Crippen LogP contribution in [0, 0.1) is 5.92 Å². The van der Waals surface area contributed by atoms with Crippen LogP contribution in [0.2, 0.25) is 0 Å². The summed E-state index contributed by atoms with van der Waals surface area (Å²) >= 11 is 0. The molecule has 1 saturated heterocycles. The second-order valence-electron chi connectivity index (χ2n) is 7.61. The molecular formula is C22H21F6NO3. The lowest BCUT2D eigenvalue weighted by Crippen LogP contribution is -2.50. The molecule has 4 nitrogen and oxygen atoms in total. The van der Waals surface area contributed by atoms with Crippen molar-refractivity contribution >= 4 is 6.09 Å². The number of amides is 1. The van der Waals surface area contributed by atoms with Gasteiger partial charge in [0.1, 0.15) is 5.60 Å². The number of hydrogen-bond acceptors (Lipinski definition) is 3. The Kier molecular flexibility index (Phi) is 6.73. The molecule has 2 aromatic rings. The minimum atomic E-state index is -5.77. The van der Waals surface area contributed by atoms with Crippen molar-refractivity contribution in [2.45, 2.75) is 36.9 Å². The highest BCUT2D eigenvalue weighted by Crippen LogP contribution is 2.42. The number of halogens is 6. The first kappa shape index (κ1) is 23.9. The predicted molar refractivity (Wildman–Crippen MR) is 103 cm³/mol. The number of carbonyl (C=O) groups excluding carboxylic acids is 1. The van der Waals surface area contributed by atoms with Crippen LogP contribution >= 0.6 is 0 Å². The van der Waals surface area contributed by atoms with Crippen LogP contribution in [0.5, 0.6) is 0 Å². The molecule has 1 amide bonds. The summed E-state index contributed by atoms with van der Waals surface area (Å²) in [5, 5.41) is 11.7. The van der Waals surface area contributed by atoms with E-state index in [1.54, 1.807) is 60.7 Å². The quantitative estimate of drug-likeness (QED) is 0.632. The topological polar surface area (TPSA) is 49.8 Å². The molecule has 0 aromatic heterocycles. The lowest BCUT2D eigenvalue weighted by Gasteiger charge is -2.42. The number of alkyl halides is 6. The maximum Gasteiger partial charge on any atom is 0.434 e. The average molecular weight is 461 g/mol. The van der Waals surface area contributed by atoms with E-state index in [2.05, 4.69) is 4.74 Å². The van der Waals surface area contributed by atoms with E-state index in [1.165, 1.54) is 0 Å². The zero-order valence-electron chi connectivity index (χ0n) is 16.7. The highest BCUT2D eigenvalue weighted by Gasteiger charge is 2.60. The van der Waals surface area contributed by atoms with Gasteiger partial charge in [0, 0.05) is 13.1 Å². The average Bonchev–Trinajstić information content (AvgIpc) is 2.76. The second-order valence-corrected chi connectivity index (χ2v) is 7.61. The molecule has 3 rings (SSSR count). The maximum absolute atomic E-state index is 12.7. The number of carbonyl (C=O) groups is 1. The minimum absolute atomic E-state index is 0.151. The molecule has 0 unspecified atom stereocenters. The van der Waals surface area contributed by atoms with Crippen LogP contribution in [0.4, 0.5) is 31.1 Å². The first-order chi connectivity index (χ1) is 14.9. The number of nitrogens with zero attached hydrogens (tertiary/aromatic N) is 1. The molecular weight excluding hydrogens is 440 g/mol. The molecule has 0 spiro atoms. The molecule has 1 N–H and O–H groups in total. The van der Waals surface area contributed by atoms with Gasteiger partial charge in [-0.05, 0) is 29.9 Å². The van der Waals surface area contributed by atoms with Crippen molar-refractivity contribution < 1.29 is 41.0 Å². The van der Waals surface area contributed by atoms with Gasteiger partial charge < -0.3 is 14.7 Å². The van der Waals surface area contributed by atoms with Crippen molar-refractivity contribution in [3.8, 4) is 0 Å². The third kappa shape index (κ3) is 5.01. The summed E-state index contributed by atoms with van der Waals surface area (Å²) < 4.78 is 79.9. The summed E-state index contributed by atoms with van der Waals surface area (Å²) in [6, 6.07) is 17.5. The van der Waals surface area contributed by atoms with Gasteiger partial charge in [-0.2, -0.15) is 26.3 Å². The normalized spacial score (nSPS) is 16.3. The predicted octanol–water partition coefficient (Wildman–Crippen LogP) is 5.26. The Bertz CT molecular complexity index is 840. The number of aliphatic hydroxyl groups is 1. The van der Waals surface area contributed by atoms with Crippen LogP contribution in [-0.4, -0.2) is 47.6 Å². The third-order valence-electron chi connectivity index (χ3n) is 5.59. The van der Waals surface area contributed by atoms with E-state index in [0.29, 0.717) is 11.1 Å². The zero-order chi connectivity index (χ0) is 23.6. The molecule has 32 heavy (non-hydrogen) atoms. The fourth-order valence-corrected chi connectivity index (χ4v) is 4.00. The molecule has 0 saturated carbocycles. The van der Waals surface area contributed by atoms with Crippen LogP contribution in [-0.2, 0) is 10.3 Å². The van der Waals surface area contributed by atoms with E-state index in [1.807, 2.05) is 0 Å². The molecule has 174 valence electrons. The summed E-state index contributed by atoms with van der Waals surface area (Å²) in [4.78, 5) is 12.8. The van der Waals surface area contributed by atoms with Crippen LogP contribution < -0.4 is 0 Å². The van der Waals surface area contributed by atoms with Gasteiger partial charge in [-0.15, -0.1) is 0 Å². The maximum atomic E-state index is 12.7. The number of likely N-dealkylation sites (tertiary alicyclic amines) is 1. The summed E-state index contributed by atoms with van der Waals surface area (Å²) in [6.07, 6.45) is -17.1. The van der Waals surface area contributed by atoms with Crippen LogP contribution in [0.3, 0.4) is 0 Å². The van der Waals surface area contributed by atoms with Crippen molar-refractivity contribution in [2.24, 2.45) is 5.92 Å². The highest BCUT2D eigenvalue weighted by atomic mass is 19.4. The zero-order valence-corrected chi connectivity index (χ0v) is 16.7. The van der Waals surface area contributed by atoms with Gasteiger partial charge in [0.05, 0.1) is 0 Å². The van der Waals surface area contributed by atoms with Gasteiger partial charge in [-0.1, -0.05) is 60.7 Å². The molecule has 0 aliphatic carbocycles. The molecule has 0 bridgehead atoms. The molecule has 1 fully saturated rings.